The molecule has 15 heavy (non-hydrogen) atoms. The summed E-state index contributed by atoms with van der Waals surface area (Å²) in [7, 11) is 1.69. The SMILES string of the molecule is COC(C)C(C)Nc1ccc(C)c(O)c1. The highest BCUT2D eigenvalue weighted by Gasteiger charge is 2.10. The van der Waals surface area contributed by atoms with Crippen LogP contribution in [0.15, 0.2) is 18.2 Å². The first-order chi connectivity index (χ1) is 7.04. The van der Waals surface area contributed by atoms with Crippen LogP contribution in [0.5, 0.6) is 5.75 Å². The molecule has 1 aromatic rings. The lowest BCUT2D eigenvalue weighted by Crippen LogP contribution is -2.29. The van der Waals surface area contributed by atoms with Crippen molar-refractivity contribution in [1.82, 2.24) is 0 Å². The van der Waals surface area contributed by atoms with Crippen molar-refractivity contribution in [1.29, 1.82) is 0 Å². The van der Waals surface area contributed by atoms with E-state index < -0.39 is 0 Å². The Kier molecular flexibility index (Phi) is 3.97. The van der Waals surface area contributed by atoms with Crippen LogP contribution in [0.2, 0.25) is 0 Å². The Bertz CT molecular complexity index is 325. The molecule has 2 unspecified atom stereocenters. The van der Waals surface area contributed by atoms with E-state index in [2.05, 4.69) is 5.32 Å². The molecule has 3 nitrogen and oxygen atoms in total. The molecular weight excluding hydrogens is 190 g/mol. The molecule has 0 bridgehead atoms. The van der Waals surface area contributed by atoms with Crippen LogP contribution in [0.25, 0.3) is 0 Å². The van der Waals surface area contributed by atoms with Gasteiger partial charge in [-0.3, -0.25) is 0 Å². The second-order valence-electron chi connectivity index (χ2n) is 3.88. The van der Waals surface area contributed by atoms with E-state index in [9.17, 15) is 5.11 Å². The summed E-state index contributed by atoms with van der Waals surface area (Å²) >= 11 is 0. The summed E-state index contributed by atoms with van der Waals surface area (Å²) in [4.78, 5) is 0. The fourth-order valence-electron chi connectivity index (χ4n) is 1.28. The second-order valence-corrected chi connectivity index (χ2v) is 3.88. The Balaban J connectivity index is 2.68. The predicted molar refractivity (Wildman–Crippen MR) is 62.4 cm³/mol. The minimum absolute atomic E-state index is 0.133. The number of hydrogen-bond acceptors (Lipinski definition) is 3. The van der Waals surface area contributed by atoms with E-state index in [0.29, 0.717) is 5.75 Å². The summed E-state index contributed by atoms with van der Waals surface area (Å²) in [5, 5.41) is 12.8. The molecule has 0 aliphatic heterocycles. The van der Waals surface area contributed by atoms with Gasteiger partial charge in [-0.2, -0.15) is 0 Å². The number of aromatic hydroxyl groups is 1. The number of nitrogens with one attached hydrogen (secondary N) is 1. The summed E-state index contributed by atoms with van der Waals surface area (Å²) in [6, 6.07) is 5.78. The fraction of sp³-hybridized carbons (Fsp3) is 0.500. The van der Waals surface area contributed by atoms with Gasteiger partial charge in [0.15, 0.2) is 0 Å². The summed E-state index contributed by atoms with van der Waals surface area (Å²) in [5.41, 5.74) is 1.79. The zero-order chi connectivity index (χ0) is 11.4. The molecule has 3 heteroatoms. The molecule has 2 atom stereocenters. The van der Waals surface area contributed by atoms with Crippen LogP contribution in [-0.4, -0.2) is 24.4 Å². The highest BCUT2D eigenvalue weighted by Crippen LogP contribution is 2.21. The molecule has 2 N–H and O–H groups in total. The summed E-state index contributed by atoms with van der Waals surface area (Å²) in [5.74, 6) is 0.317. The van der Waals surface area contributed by atoms with Gasteiger partial charge >= 0.3 is 0 Å². The predicted octanol–water partition coefficient (Wildman–Crippen LogP) is 2.54. The van der Waals surface area contributed by atoms with E-state index in [-0.39, 0.29) is 12.1 Å². The Hall–Kier alpha value is -1.22. The first kappa shape index (κ1) is 11.9. The van der Waals surface area contributed by atoms with Gasteiger partial charge in [-0.15, -0.1) is 0 Å². The Labute approximate surface area is 91.1 Å². The Morgan fingerprint density at radius 2 is 2.00 bits per heavy atom. The lowest BCUT2D eigenvalue weighted by molar-refractivity contribution is 0.106. The van der Waals surface area contributed by atoms with Gasteiger partial charge in [0.25, 0.3) is 0 Å². The number of rotatable bonds is 4. The maximum absolute atomic E-state index is 9.54. The van der Waals surface area contributed by atoms with Crippen LogP contribution in [0.4, 0.5) is 5.69 Å². The van der Waals surface area contributed by atoms with Gasteiger partial charge in [0.2, 0.25) is 0 Å². The lowest BCUT2D eigenvalue weighted by Gasteiger charge is -2.21. The van der Waals surface area contributed by atoms with Crippen molar-refractivity contribution in [2.75, 3.05) is 12.4 Å². The van der Waals surface area contributed by atoms with Crippen molar-refractivity contribution >= 4 is 5.69 Å². The van der Waals surface area contributed by atoms with Gasteiger partial charge in [0.05, 0.1) is 6.10 Å². The monoisotopic (exact) mass is 209 g/mol. The average molecular weight is 209 g/mol. The zero-order valence-corrected chi connectivity index (χ0v) is 9.74. The maximum Gasteiger partial charge on any atom is 0.120 e. The Morgan fingerprint density at radius 1 is 1.33 bits per heavy atom. The Morgan fingerprint density at radius 3 is 2.53 bits per heavy atom. The smallest absolute Gasteiger partial charge is 0.120 e. The van der Waals surface area contributed by atoms with Crippen LogP contribution in [0.1, 0.15) is 19.4 Å². The van der Waals surface area contributed by atoms with E-state index in [1.165, 1.54) is 0 Å². The number of aryl methyl sites for hydroxylation is 1. The number of phenolic OH excluding ortho intramolecular Hbond substituents is 1. The zero-order valence-electron chi connectivity index (χ0n) is 9.74. The number of hydrogen-bond donors (Lipinski definition) is 2. The lowest BCUT2D eigenvalue weighted by atomic mass is 10.1. The van der Waals surface area contributed by atoms with Crippen LogP contribution in [0.3, 0.4) is 0 Å². The first-order valence-corrected chi connectivity index (χ1v) is 5.13. The summed E-state index contributed by atoms with van der Waals surface area (Å²) in [6.07, 6.45) is 0.133. The molecule has 0 aliphatic rings. The van der Waals surface area contributed by atoms with Crippen LogP contribution in [-0.2, 0) is 4.74 Å². The van der Waals surface area contributed by atoms with Crippen molar-refractivity contribution in [3.05, 3.63) is 23.8 Å². The van der Waals surface area contributed by atoms with E-state index in [0.717, 1.165) is 11.3 Å². The van der Waals surface area contributed by atoms with Crippen LogP contribution in [0, 0.1) is 6.92 Å². The molecule has 0 saturated heterocycles. The number of ether oxygens (including phenoxy) is 1. The highest BCUT2D eigenvalue weighted by atomic mass is 16.5. The molecule has 84 valence electrons. The van der Waals surface area contributed by atoms with Gasteiger partial charge in [-0.25, -0.2) is 0 Å². The molecule has 1 rings (SSSR count). The van der Waals surface area contributed by atoms with Crippen LogP contribution < -0.4 is 5.32 Å². The molecular formula is C12H19NO2. The fourth-order valence-corrected chi connectivity index (χ4v) is 1.28. The first-order valence-electron chi connectivity index (χ1n) is 5.13. The largest absolute Gasteiger partial charge is 0.508 e. The van der Waals surface area contributed by atoms with Gasteiger partial charge in [-0.05, 0) is 32.4 Å². The normalized spacial score (nSPS) is 14.7. The van der Waals surface area contributed by atoms with Gasteiger partial charge in [0.1, 0.15) is 5.75 Å². The molecule has 0 amide bonds. The van der Waals surface area contributed by atoms with E-state index >= 15 is 0 Å². The average Bonchev–Trinajstić information content (AvgIpc) is 2.22. The molecule has 0 heterocycles. The van der Waals surface area contributed by atoms with Gasteiger partial charge in [0, 0.05) is 24.9 Å². The molecule has 0 aliphatic carbocycles. The number of anilines is 1. The third kappa shape index (κ3) is 3.13. The van der Waals surface area contributed by atoms with Crippen LogP contribution >= 0.6 is 0 Å². The van der Waals surface area contributed by atoms with Crippen molar-refractivity contribution in [3.8, 4) is 5.75 Å². The summed E-state index contributed by atoms with van der Waals surface area (Å²) in [6.45, 7) is 5.93. The number of benzene rings is 1. The van der Waals surface area contributed by atoms with E-state index in [1.807, 2.05) is 32.9 Å². The van der Waals surface area contributed by atoms with Crippen molar-refractivity contribution in [3.63, 3.8) is 0 Å². The second kappa shape index (κ2) is 5.03. The molecule has 0 fully saturated rings. The molecule has 1 aromatic carbocycles. The maximum atomic E-state index is 9.54. The third-order valence-corrected chi connectivity index (χ3v) is 2.68. The number of phenols is 1. The standard InChI is InChI=1S/C12H19NO2/c1-8-5-6-11(7-12(8)14)13-9(2)10(3)15-4/h5-7,9-10,13-14H,1-4H3. The molecule has 0 aromatic heterocycles. The molecule has 0 spiro atoms. The molecule has 0 saturated carbocycles. The van der Waals surface area contributed by atoms with Crippen molar-refractivity contribution < 1.29 is 9.84 Å². The van der Waals surface area contributed by atoms with E-state index in [4.69, 9.17) is 4.74 Å². The highest BCUT2D eigenvalue weighted by molar-refractivity contribution is 5.51. The van der Waals surface area contributed by atoms with E-state index in [1.54, 1.807) is 13.2 Å². The number of methoxy groups -OCH3 is 1. The van der Waals surface area contributed by atoms with Gasteiger partial charge in [-0.1, -0.05) is 6.07 Å². The van der Waals surface area contributed by atoms with Crippen molar-refractivity contribution in [2.24, 2.45) is 0 Å². The van der Waals surface area contributed by atoms with Gasteiger partial charge < -0.3 is 15.2 Å². The summed E-state index contributed by atoms with van der Waals surface area (Å²) < 4.78 is 5.21. The third-order valence-electron chi connectivity index (χ3n) is 2.68. The minimum atomic E-state index is 0.133. The van der Waals surface area contributed by atoms with Crippen molar-refractivity contribution in [2.45, 2.75) is 32.9 Å². The minimum Gasteiger partial charge on any atom is -0.508 e. The molecule has 0 radical (unpaired) electrons. The quantitative estimate of drug-likeness (QED) is 0.800. The topological polar surface area (TPSA) is 41.5 Å².